The van der Waals surface area contributed by atoms with Crippen molar-refractivity contribution in [3.05, 3.63) is 28.8 Å². The summed E-state index contributed by atoms with van der Waals surface area (Å²) in [5, 5.41) is 8.76. The first-order chi connectivity index (χ1) is 8.30. The van der Waals surface area contributed by atoms with Crippen molar-refractivity contribution in [1.29, 1.82) is 5.26 Å². The molecule has 18 heavy (non-hydrogen) atoms. The molecule has 96 valence electrons. The minimum Gasteiger partial charge on any atom is -0.465 e. The van der Waals surface area contributed by atoms with Gasteiger partial charge in [0.2, 0.25) is 0 Å². The first kappa shape index (κ1) is 13.8. The van der Waals surface area contributed by atoms with E-state index in [9.17, 15) is 18.0 Å². The number of hydrogen-bond donors (Lipinski definition) is 0. The van der Waals surface area contributed by atoms with Crippen LogP contribution in [-0.2, 0) is 4.74 Å². The fourth-order valence-electron chi connectivity index (χ4n) is 1.37. The van der Waals surface area contributed by atoms with Gasteiger partial charge in [-0.1, -0.05) is 0 Å². The van der Waals surface area contributed by atoms with Crippen LogP contribution in [0.1, 0.15) is 21.5 Å². The highest BCUT2D eigenvalue weighted by Gasteiger charge is 2.34. The van der Waals surface area contributed by atoms with Gasteiger partial charge in [-0.15, -0.1) is 13.2 Å². The van der Waals surface area contributed by atoms with Crippen molar-refractivity contribution < 1.29 is 27.4 Å². The third-order valence-electron chi connectivity index (χ3n) is 2.16. The number of methoxy groups -OCH3 is 1. The van der Waals surface area contributed by atoms with Crippen LogP contribution in [0.15, 0.2) is 12.1 Å². The second-order valence-corrected chi connectivity index (χ2v) is 3.26. The number of nitriles is 1. The van der Waals surface area contributed by atoms with Gasteiger partial charge >= 0.3 is 12.3 Å². The Kier molecular flexibility index (Phi) is 3.81. The molecule has 0 saturated heterocycles. The van der Waals surface area contributed by atoms with Crippen molar-refractivity contribution in [3.8, 4) is 11.8 Å². The molecule has 1 aromatic rings. The number of rotatable bonds is 2. The Hall–Kier alpha value is -2.23. The fraction of sp³-hybridized carbons (Fsp3) is 0.273. The fourth-order valence-corrected chi connectivity index (χ4v) is 1.37. The Balaban J connectivity index is 3.40. The van der Waals surface area contributed by atoms with Crippen LogP contribution < -0.4 is 4.74 Å². The van der Waals surface area contributed by atoms with Gasteiger partial charge in [0.15, 0.2) is 0 Å². The number of alkyl halides is 3. The van der Waals surface area contributed by atoms with E-state index in [0.29, 0.717) is 0 Å². The van der Waals surface area contributed by atoms with Crippen LogP contribution in [-0.4, -0.2) is 19.4 Å². The van der Waals surface area contributed by atoms with E-state index in [0.717, 1.165) is 19.2 Å². The Morgan fingerprint density at radius 2 is 2.00 bits per heavy atom. The van der Waals surface area contributed by atoms with E-state index in [1.54, 1.807) is 6.07 Å². The quantitative estimate of drug-likeness (QED) is 0.766. The monoisotopic (exact) mass is 259 g/mol. The predicted molar refractivity (Wildman–Crippen MR) is 53.9 cm³/mol. The van der Waals surface area contributed by atoms with E-state index < -0.39 is 23.6 Å². The largest absolute Gasteiger partial charge is 0.573 e. The maximum atomic E-state index is 12.2. The number of esters is 1. The zero-order chi connectivity index (χ0) is 13.9. The van der Waals surface area contributed by atoms with Crippen LogP contribution in [0.2, 0.25) is 0 Å². The average molecular weight is 259 g/mol. The van der Waals surface area contributed by atoms with Gasteiger partial charge in [0.25, 0.3) is 0 Å². The molecule has 0 fully saturated rings. The minimum atomic E-state index is -4.93. The molecule has 0 radical (unpaired) electrons. The van der Waals surface area contributed by atoms with Gasteiger partial charge in [0.1, 0.15) is 11.3 Å². The summed E-state index contributed by atoms with van der Waals surface area (Å²) >= 11 is 0. The molecule has 0 saturated carbocycles. The van der Waals surface area contributed by atoms with Crippen LogP contribution in [0.4, 0.5) is 13.2 Å². The summed E-state index contributed by atoms with van der Waals surface area (Å²) in [5.41, 5.74) is -0.259. The van der Waals surface area contributed by atoms with Crippen molar-refractivity contribution in [2.45, 2.75) is 13.3 Å². The Morgan fingerprint density at radius 3 is 2.44 bits per heavy atom. The molecule has 0 N–H and O–H groups in total. The molecule has 0 aromatic heterocycles. The molecule has 0 heterocycles. The summed E-state index contributed by atoms with van der Waals surface area (Å²) in [6, 6.07) is 3.81. The van der Waals surface area contributed by atoms with Gasteiger partial charge in [-0.2, -0.15) is 5.26 Å². The molecular weight excluding hydrogens is 251 g/mol. The lowest BCUT2D eigenvalue weighted by atomic mass is 10.0. The smallest absolute Gasteiger partial charge is 0.465 e. The van der Waals surface area contributed by atoms with Crippen LogP contribution in [0.5, 0.6) is 5.75 Å². The summed E-state index contributed by atoms with van der Waals surface area (Å²) in [6.07, 6.45) is -4.93. The highest BCUT2D eigenvalue weighted by atomic mass is 19.4. The SMILES string of the molecule is COC(=O)c1c(OC(F)(F)F)ccc(C#N)c1C. The molecule has 0 unspecified atom stereocenters. The van der Waals surface area contributed by atoms with Gasteiger partial charge in [0, 0.05) is 0 Å². The first-order valence-corrected chi connectivity index (χ1v) is 4.68. The number of carbonyl (C=O) groups excluding carboxylic acids is 1. The number of carbonyl (C=O) groups is 1. The summed E-state index contributed by atoms with van der Waals surface area (Å²) in [7, 11) is 1.03. The number of ether oxygens (including phenoxy) is 2. The number of benzene rings is 1. The lowest BCUT2D eigenvalue weighted by molar-refractivity contribution is -0.274. The van der Waals surface area contributed by atoms with Gasteiger partial charge in [-0.3, -0.25) is 0 Å². The highest BCUT2D eigenvalue weighted by molar-refractivity contribution is 5.94. The molecule has 0 spiro atoms. The van der Waals surface area contributed by atoms with E-state index >= 15 is 0 Å². The maximum absolute atomic E-state index is 12.2. The molecule has 1 rings (SSSR count). The van der Waals surface area contributed by atoms with E-state index in [1.807, 2.05) is 0 Å². The Bertz CT molecular complexity index is 517. The van der Waals surface area contributed by atoms with Gasteiger partial charge in [-0.05, 0) is 24.6 Å². The first-order valence-electron chi connectivity index (χ1n) is 4.68. The summed E-state index contributed by atoms with van der Waals surface area (Å²) in [4.78, 5) is 11.4. The van der Waals surface area contributed by atoms with Gasteiger partial charge in [-0.25, -0.2) is 4.79 Å². The third-order valence-corrected chi connectivity index (χ3v) is 2.16. The molecule has 0 aliphatic carbocycles. The zero-order valence-corrected chi connectivity index (χ0v) is 9.46. The molecule has 0 bridgehead atoms. The molecular formula is C11H8F3NO3. The second-order valence-electron chi connectivity index (χ2n) is 3.26. The number of nitrogens with zero attached hydrogens (tertiary/aromatic N) is 1. The molecule has 0 aliphatic rings. The van der Waals surface area contributed by atoms with Crippen LogP contribution >= 0.6 is 0 Å². The van der Waals surface area contributed by atoms with Crippen molar-refractivity contribution in [3.63, 3.8) is 0 Å². The molecule has 0 atom stereocenters. The number of hydrogen-bond acceptors (Lipinski definition) is 4. The topological polar surface area (TPSA) is 59.3 Å². The molecule has 7 heteroatoms. The summed E-state index contributed by atoms with van der Waals surface area (Å²) in [5.74, 6) is -1.69. The lowest BCUT2D eigenvalue weighted by Gasteiger charge is -2.14. The minimum absolute atomic E-state index is 0.0740. The summed E-state index contributed by atoms with van der Waals surface area (Å²) < 4.78 is 44.6. The predicted octanol–water partition coefficient (Wildman–Crippen LogP) is 2.55. The van der Waals surface area contributed by atoms with Gasteiger partial charge in [0.05, 0.1) is 18.7 Å². The number of halogens is 3. The van der Waals surface area contributed by atoms with E-state index in [2.05, 4.69) is 9.47 Å². The molecule has 0 aliphatic heterocycles. The van der Waals surface area contributed by atoms with E-state index in [-0.39, 0.29) is 11.1 Å². The van der Waals surface area contributed by atoms with Crippen LogP contribution in [0.25, 0.3) is 0 Å². The van der Waals surface area contributed by atoms with Crippen LogP contribution in [0, 0.1) is 18.3 Å². The maximum Gasteiger partial charge on any atom is 0.573 e. The van der Waals surface area contributed by atoms with Crippen molar-refractivity contribution in [2.75, 3.05) is 7.11 Å². The van der Waals surface area contributed by atoms with Crippen molar-refractivity contribution >= 4 is 5.97 Å². The molecule has 1 aromatic carbocycles. The normalized spacial score (nSPS) is 10.7. The Morgan fingerprint density at radius 1 is 1.39 bits per heavy atom. The van der Waals surface area contributed by atoms with E-state index in [1.165, 1.54) is 6.92 Å². The highest BCUT2D eigenvalue weighted by Crippen LogP contribution is 2.30. The van der Waals surface area contributed by atoms with Crippen molar-refractivity contribution in [2.24, 2.45) is 0 Å². The Labute approximate surface area is 101 Å². The third kappa shape index (κ3) is 2.91. The van der Waals surface area contributed by atoms with Gasteiger partial charge < -0.3 is 9.47 Å². The standard InChI is InChI=1S/C11H8F3NO3/c1-6-7(5-15)3-4-8(18-11(12,13)14)9(6)10(16)17-2/h3-4H,1-2H3. The average Bonchev–Trinajstić information content (AvgIpc) is 2.26. The van der Waals surface area contributed by atoms with E-state index in [4.69, 9.17) is 5.26 Å². The molecule has 4 nitrogen and oxygen atoms in total. The lowest BCUT2D eigenvalue weighted by Crippen LogP contribution is -2.20. The van der Waals surface area contributed by atoms with Crippen molar-refractivity contribution in [1.82, 2.24) is 0 Å². The molecule has 0 amide bonds. The summed E-state index contributed by atoms with van der Waals surface area (Å²) in [6.45, 7) is 1.34. The second kappa shape index (κ2) is 4.96. The zero-order valence-electron chi connectivity index (χ0n) is 9.46. The van der Waals surface area contributed by atoms with Crippen LogP contribution in [0.3, 0.4) is 0 Å².